The summed E-state index contributed by atoms with van der Waals surface area (Å²) < 4.78 is 6.60. The van der Waals surface area contributed by atoms with Crippen molar-refractivity contribution >= 4 is 21.6 Å². The van der Waals surface area contributed by atoms with Crippen LogP contribution in [0.25, 0.3) is 0 Å². The van der Waals surface area contributed by atoms with E-state index in [0.29, 0.717) is 0 Å². The van der Waals surface area contributed by atoms with Crippen LogP contribution in [0.1, 0.15) is 39.0 Å². The van der Waals surface area contributed by atoms with Gasteiger partial charge in [-0.25, -0.2) is 0 Å². The van der Waals surface area contributed by atoms with Crippen molar-refractivity contribution in [3.05, 3.63) is 22.7 Å². The lowest BCUT2D eigenvalue weighted by atomic mass is 10.2. The molecule has 2 nitrogen and oxygen atoms in total. The highest BCUT2D eigenvalue weighted by Crippen LogP contribution is 2.22. The Labute approximate surface area is 106 Å². The number of nitrogens with two attached hydrogens (primary N) is 1. The Bertz CT molecular complexity index is 295. The standard InChI is InChI=1S/C13H20BrNO/c1-2-3-4-5-6-7-16-13-9-11(14)8-12(15)10-13/h8-10H,2-7,15H2,1H3. The predicted molar refractivity (Wildman–Crippen MR) is 72.8 cm³/mol. The molecular weight excluding hydrogens is 266 g/mol. The maximum Gasteiger partial charge on any atom is 0.122 e. The lowest BCUT2D eigenvalue weighted by Crippen LogP contribution is -1.98. The monoisotopic (exact) mass is 285 g/mol. The van der Waals surface area contributed by atoms with Crippen LogP contribution < -0.4 is 10.5 Å². The Balaban J connectivity index is 2.21. The molecule has 0 atom stereocenters. The topological polar surface area (TPSA) is 35.2 Å². The summed E-state index contributed by atoms with van der Waals surface area (Å²) in [4.78, 5) is 0. The van der Waals surface area contributed by atoms with Gasteiger partial charge in [-0.2, -0.15) is 0 Å². The molecular formula is C13H20BrNO. The van der Waals surface area contributed by atoms with Gasteiger partial charge >= 0.3 is 0 Å². The smallest absolute Gasteiger partial charge is 0.122 e. The lowest BCUT2D eigenvalue weighted by Gasteiger charge is -2.07. The van der Waals surface area contributed by atoms with Gasteiger partial charge in [0.2, 0.25) is 0 Å². The van der Waals surface area contributed by atoms with Gasteiger partial charge in [0.1, 0.15) is 5.75 Å². The van der Waals surface area contributed by atoms with E-state index in [1.807, 2.05) is 18.2 Å². The Hall–Kier alpha value is -0.700. The van der Waals surface area contributed by atoms with Crippen molar-refractivity contribution in [2.75, 3.05) is 12.3 Å². The molecule has 0 amide bonds. The number of rotatable bonds is 7. The van der Waals surface area contributed by atoms with Crippen molar-refractivity contribution in [2.45, 2.75) is 39.0 Å². The van der Waals surface area contributed by atoms with Gasteiger partial charge < -0.3 is 10.5 Å². The molecule has 1 aromatic rings. The van der Waals surface area contributed by atoms with Gasteiger partial charge in [-0.3, -0.25) is 0 Å². The van der Waals surface area contributed by atoms with Crippen LogP contribution >= 0.6 is 15.9 Å². The maximum atomic E-state index is 5.72. The molecule has 90 valence electrons. The largest absolute Gasteiger partial charge is 0.493 e. The minimum Gasteiger partial charge on any atom is -0.493 e. The molecule has 0 aromatic heterocycles. The summed E-state index contributed by atoms with van der Waals surface area (Å²) in [6, 6.07) is 5.67. The third-order valence-corrected chi connectivity index (χ3v) is 2.87. The van der Waals surface area contributed by atoms with E-state index >= 15 is 0 Å². The normalized spacial score (nSPS) is 10.4. The average molecular weight is 286 g/mol. The molecule has 3 heteroatoms. The molecule has 0 unspecified atom stereocenters. The fourth-order valence-corrected chi connectivity index (χ4v) is 2.05. The maximum absolute atomic E-state index is 5.72. The molecule has 1 aromatic carbocycles. The minimum atomic E-state index is 0.732. The zero-order valence-electron chi connectivity index (χ0n) is 9.84. The van der Waals surface area contributed by atoms with Crippen molar-refractivity contribution in [3.63, 3.8) is 0 Å². The molecule has 0 fully saturated rings. The molecule has 0 saturated heterocycles. The van der Waals surface area contributed by atoms with E-state index in [0.717, 1.165) is 28.9 Å². The van der Waals surface area contributed by atoms with Crippen molar-refractivity contribution in [1.29, 1.82) is 0 Å². The number of unbranched alkanes of at least 4 members (excludes halogenated alkanes) is 4. The van der Waals surface area contributed by atoms with Crippen molar-refractivity contribution in [2.24, 2.45) is 0 Å². The van der Waals surface area contributed by atoms with E-state index in [1.54, 1.807) is 0 Å². The van der Waals surface area contributed by atoms with Crippen molar-refractivity contribution in [1.82, 2.24) is 0 Å². The first-order chi connectivity index (χ1) is 7.72. The number of hydrogen-bond donors (Lipinski definition) is 1. The number of benzene rings is 1. The minimum absolute atomic E-state index is 0.732. The van der Waals surface area contributed by atoms with Crippen molar-refractivity contribution < 1.29 is 4.74 Å². The third kappa shape index (κ3) is 5.40. The van der Waals surface area contributed by atoms with Gasteiger partial charge in [-0.05, 0) is 18.6 Å². The third-order valence-electron chi connectivity index (χ3n) is 2.41. The van der Waals surface area contributed by atoms with Gasteiger partial charge in [-0.15, -0.1) is 0 Å². The summed E-state index contributed by atoms with van der Waals surface area (Å²) in [7, 11) is 0. The molecule has 0 aliphatic carbocycles. The van der Waals surface area contributed by atoms with E-state index in [9.17, 15) is 0 Å². The van der Waals surface area contributed by atoms with Crippen LogP contribution in [0.4, 0.5) is 5.69 Å². The number of halogens is 1. The number of anilines is 1. The van der Waals surface area contributed by atoms with Crippen LogP contribution in [0.3, 0.4) is 0 Å². The summed E-state index contributed by atoms with van der Waals surface area (Å²) in [6.45, 7) is 3.00. The number of hydrogen-bond acceptors (Lipinski definition) is 2. The molecule has 0 radical (unpaired) electrons. The Morgan fingerprint density at radius 1 is 1.12 bits per heavy atom. The first-order valence-electron chi connectivity index (χ1n) is 5.91. The molecule has 0 bridgehead atoms. The van der Waals surface area contributed by atoms with E-state index in [1.165, 1.54) is 25.7 Å². The van der Waals surface area contributed by atoms with E-state index in [2.05, 4.69) is 22.9 Å². The van der Waals surface area contributed by atoms with E-state index in [-0.39, 0.29) is 0 Å². The van der Waals surface area contributed by atoms with Gasteiger partial charge in [0.15, 0.2) is 0 Å². The molecule has 0 spiro atoms. The Morgan fingerprint density at radius 2 is 1.88 bits per heavy atom. The van der Waals surface area contributed by atoms with Crippen LogP contribution in [-0.4, -0.2) is 6.61 Å². The summed E-state index contributed by atoms with van der Waals surface area (Å²) in [5, 5.41) is 0. The molecule has 0 saturated carbocycles. The molecule has 0 aliphatic heterocycles. The second-order valence-electron chi connectivity index (χ2n) is 3.98. The predicted octanol–water partition coefficient (Wildman–Crippen LogP) is 4.38. The van der Waals surface area contributed by atoms with Gasteiger partial charge in [-0.1, -0.05) is 48.5 Å². The molecule has 0 aliphatic rings. The summed E-state index contributed by atoms with van der Waals surface area (Å²) in [5.41, 5.74) is 6.45. The van der Waals surface area contributed by atoms with Crippen LogP contribution in [0.2, 0.25) is 0 Å². The second-order valence-corrected chi connectivity index (χ2v) is 4.90. The fraction of sp³-hybridized carbons (Fsp3) is 0.538. The van der Waals surface area contributed by atoms with E-state index in [4.69, 9.17) is 10.5 Å². The molecule has 16 heavy (non-hydrogen) atoms. The second kappa shape index (κ2) is 7.55. The first kappa shape index (κ1) is 13.4. The zero-order valence-corrected chi connectivity index (χ0v) is 11.4. The number of nitrogen functional groups attached to an aromatic ring is 1. The lowest BCUT2D eigenvalue weighted by molar-refractivity contribution is 0.304. The fourth-order valence-electron chi connectivity index (χ4n) is 1.56. The average Bonchev–Trinajstić information content (AvgIpc) is 2.22. The Kier molecular flexibility index (Phi) is 6.31. The highest BCUT2D eigenvalue weighted by atomic mass is 79.9. The SMILES string of the molecule is CCCCCCCOc1cc(N)cc(Br)c1. The van der Waals surface area contributed by atoms with Crippen molar-refractivity contribution in [3.8, 4) is 5.75 Å². The van der Waals surface area contributed by atoms with Crippen LogP contribution in [0, 0.1) is 0 Å². The summed E-state index contributed by atoms with van der Waals surface area (Å²) >= 11 is 3.40. The number of ether oxygens (including phenoxy) is 1. The highest BCUT2D eigenvalue weighted by Gasteiger charge is 1.98. The molecule has 0 heterocycles. The van der Waals surface area contributed by atoms with E-state index < -0.39 is 0 Å². The summed E-state index contributed by atoms with van der Waals surface area (Å²) in [6.07, 6.45) is 6.27. The summed E-state index contributed by atoms with van der Waals surface area (Å²) in [5.74, 6) is 0.849. The van der Waals surface area contributed by atoms with Gasteiger partial charge in [0.05, 0.1) is 6.61 Å². The van der Waals surface area contributed by atoms with Crippen LogP contribution in [0.15, 0.2) is 22.7 Å². The highest BCUT2D eigenvalue weighted by molar-refractivity contribution is 9.10. The molecule has 2 N–H and O–H groups in total. The van der Waals surface area contributed by atoms with Gasteiger partial charge in [0.25, 0.3) is 0 Å². The first-order valence-corrected chi connectivity index (χ1v) is 6.70. The Morgan fingerprint density at radius 3 is 2.56 bits per heavy atom. The van der Waals surface area contributed by atoms with Crippen LogP contribution in [-0.2, 0) is 0 Å². The van der Waals surface area contributed by atoms with Gasteiger partial charge in [0, 0.05) is 16.2 Å². The van der Waals surface area contributed by atoms with Crippen LogP contribution in [0.5, 0.6) is 5.75 Å². The zero-order chi connectivity index (χ0) is 11.8. The molecule has 1 rings (SSSR count). The quantitative estimate of drug-likeness (QED) is 0.596.